The van der Waals surface area contributed by atoms with Gasteiger partial charge in [0.1, 0.15) is 5.75 Å². The van der Waals surface area contributed by atoms with Crippen molar-refractivity contribution in [2.75, 3.05) is 16.8 Å². The van der Waals surface area contributed by atoms with Crippen molar-refractivity contribution in [3.63, 3.8) is 0 Å². The second kappa shape index (κ2) is 8.82. The van der Waals surface area contributed by atoms with Crippen LogP contribution in [-0.4, -0.2) is 18.4 Å². The monoisotopic (exact) mass is 400 g/mol. The number of aryl methyl sites for hydroxylation is 2. The Labute approximate surface area is 176 Å². The maximum atomic E-state index is 12.5. The number of hydrogen-bond acceptors (Lipinski definition) is 3. The van der Waals surface area contributed by atoms with E-state index in [0.717, 1.165) is 22.4 Å². The molecule has 0 radical (unpaired) electrons. The van der Waals surface area contributed by atoms with E-state index >= 15 is 0 Å². The van der Waals surface area contributed by atoms with Crippen LogP contribution in [0.3, 0.4) is 0 Å². The number of nitrogens with zero attached hydrogens (tertiary/aromatic N) is 1. The topological polar surface area (TPSA) is 58.6 Å². The van der Waals surface area contributed by atoms with Crippen molar-refractivity contribution in [2.24, 2.45) is 0 Å². The van der Waals surface area contributed by atoms with E-state index in [-0.39, 0.29) is 18.4 Å². The summed E-state index contributed by atoms with van der Waals surface area (Å²) in [5, 5.41) is 2.88. The zero-order chi connectivity index (χ0) is 20.9. The van der Waals surface area contributed by atoms with Crippen LogP contribution in [0, 0.1) is 6.92 Å². The molecule has 0 fully saturated rings. The zero-order valence-electron chi connectivity index (χ0n) is 16.9. The molecule has 0 saturated heterocycles. The first-order valence-corrected chi connectivity index (χ1v) is 10.0. The number of fused-ring (bicyclic) bond motifs is 1. The summed E-state index contributed by atoms with van der Waals surface area (Å²) in [6, 6.07) is 23.2. The maximum absolute atomic E-state index is 12.5. The number of ether oxygens (including phenoxy) is 1. The van der Waals surface area contributed by atoms with Crippen LogP contribution in [0.5, 0.6) is 5.75 Å². The van der Waals surface area contributed by atoms with E-state index < -0.39 is 0 Å². The molecule has 1 aliphatic heterocycles. The van der Waals surface area contributed by atoms with E-state index in [4.69, 9.17) is 4.74 Å². The van der Waals surface area contributed by atoms with Gasteiger partial charge in [0.25, 0.3) is 5.91 Å². The van der Waals surface area contributed by atoms with Gasteiger partial charge < -0.3 is 15.0 Å². The summed E-state index contributed by atoms with van der Waals surface area (Å²) in [5.74, 6) is 0.564. The van der Waals surface area contributed by atoms with Gasteiger partial charge in [0, 0.05) is 17.8 Å². The molecule has 1 aliphatic rings. The maximum Gasteiger partial charge on any atom is 0.262 e. The molecule has 0 atom stereocenters. The number of rotatable bonds is 6. The van der Waals surface area contributed by atoms with E-state index in [0.29, 0.717) is 30.8 Å². The Kier molecular flexibility index (Phi) is 5.80. The van der Waals surface area contributed by atoms with Crippen LogP contribution in [0.15, 0.2) is 72.8 Å². The molecule has 1 N–H and O–H groups in total. The lowest BCUT2D eigenvalue weighted by Crippen LogP contribution is -2.34. The molecule has 3 aromatic rings. The molecule has 5 heteroatoms. The van der Waals surface area contributed by atoms with Gasteiger partial charge in [-0.25, -0.2) is 0 Å². The summed E-state index contributed by atoms with van der Waals surface area (Å²) in [4.78, 5) is 26.6. The van der Waals surface area contributed by atoms with Gasteiger partial charge in [-0.05, 0) is 54.8 Å². The Bertz CT molecular complexity index is 1050. The molecule has 30 heavy (non-hydrogen) atoms. The third-order valence-electron chi connectivity index (χ3n) is 5.14. The van der Waals surface area contributed by atoms with Crippen LogP contribution >= 0.6 is 0 Å². The van der Waals surface area contributed by atoms with Crippen molar-refractivity contribution in [3.05, 3.63) is 89.5 Å². The average Bonchev–Trinajstić information content (AvgIpc) is 2.76. The van der Waals surface area contributed by atoms with Crippen LogP contribution in [0.2, 0.25) is 0 Å². The van der Waals surface area contributed by atoms with Crippen molar-refractivity contribution in [2.45, 2.75) is 26.3 Å². The molecule has 0 saturated carbocycles. The van der Waals surface area contributed by atoms with Gasteiger partial charge in [0.05, 0.1) is 6.54 Å². The Morgan fingerprint density at radius 2 is 1.77 bits per heavy atom. The van der Waals surface area contributed by atoms with Crippen molar-refractivity contribution in [3.8, 4) is 5.75 Å². The molecule has 152 valence electrons. The Hall–Kier alpha value is -3.60. The van der Waals surface area contributed by atoms with Gasteiger partial charge in [-0.2, -0.15) is 0 Å². The van der Waals surface area contributed by atoms with Crippen molar-refractivity contribution in [1.29, 1.82) is 0 Å². The lowest BCUT2D eigenvalue weighted by atomic mass is 9.99. The van der Waals surface area contributed by atoms with Gasteiger partial charge >= 0.3 is 0 Å². The molecule has 0 aliphatic carbocycles. The second-order valence-electron chi connectivity index (χ2n) is 7.46. The number of anilines is 2. The normalized spacial score (nSPS) is 13.0. The van der Waals surface area contributed by atoms with E-state index in [2.05, 4.69) is 5.32 Å². The fourth-order valence-corrected chi connectivity index (χ4v) is 3.56. The Morgan fingerprint density at radius 1 is 1.00 bits per heavy atom. The van der Waals surface area contributed by atoms with E-state index in [9.17, 15) is 9.59 Å². The minimum absolute atomic E-state index is 0.0568. The number of nitrogens with one attached hydrogen (secondary N) is 1. The minimum atomic E-state index is -0.219. The molecule has 1 heterocycles. The number of carbonyl (C=O) groups excluding carboxylic acids is 2. The lowest BCUT2D eigenvalue weighted by Gasteiger charge is -2.30. The SMILES string of the molecule is Cc1ccc(OCC(=O)Nc2ccc3c(c2)CCC(=O)N3Cc2ccccc2)cc1. The molecule has 2 amide bonds. The standard InChI is InChI=1S/C25H24N2O3/c1-18-7-11-22(12-8-18)30-17-24(28)26-21-10-13-23-20(15-21)9-14-25(29)27(23)16-19-5-3-2-4-6-19/h2-8,10-13,15H,9,14,16-17H2,1H3,(H,26,28). The largest absolute Gasteiger partial charge is 0.484 e. The molecule has 0 aromatic heterocycles. The van der Waals surface area contributed by atoms with E-state index in [1.165, 1.54) is 0 Å². The van der Waals surface area contributed by atoms with Crippen LogP contribution < -0.4 is 15.0 Å². The van der Waals surface area contributed by atoms with Gasteiger partial charge in [-0.15, -0.1) is 0 Å². The Balaban J connectivity index is 1.42. The average molecular weight is 400 g/mol. The van der Waals surface area contributed by atoms with Crippen molar-refractivity contribution < 1.29 is 14.3 Å². The van der Waals surface area contributed by atoms with Gasteiger partial charge in [0.2, 0.25) is 5.91 Å². The molecular formula is C25H24N2O3. The third-order valence-corrected chi connectivity index (χ3v) is 5.14. The first-order chi connectivity index (χ1) is 14.6. The van der Waals surface area contributed by atoms with E-state index in [1.807, 2.05) is 84.6 Å². The molecule has 0 unspecified atom stereocenters. The quantitative estimate of drug-likeness (QED) is 0.663. The van der Waals surface area contributed by atoms with Gasteiger partial charge in [0.15, 0.2) is 6.61 Å². The summed E-state index contributed by atoms with van der Waals surface area (Å²) in [6.45, 7) is 2.49. The highest BCUT2D eigenvalue weighted by Crippen LogP contribution is 2.31. The number of carbonyl (C=O) groups is 2. The zero-order valence-corrected chi connectivity index (χ0v) is 16.9. The number of amides is 2. The molecule has 5 nitrogen and oxygen atoms in total. The molecule has 4 rings (SSSR count). The van der Waals surface area contributed by atoms with Crippen LogP contribution in [-0.2, 0) is 22.6 Å². The van der Waals surface area contributed by atoms with Crippen molar-refractivity contribution in [1.82, 2.24) is 0 Å². The Morgan fingerprint density at radius 3 is 2.53 bits per heavy atom. The first-order valence-electron chi connectivity index (χ1n) is 10.0. The van der Waals surface area contributed by atoms with Gasteiger partial charge in [-0.3, -0.25) is 9.59 Å². The first kappa shape index (κ1) is 19.7. The molecule has 0 spiro atoms. The van der Waals surface area contributed by atoms with E-state index in [1.54, 1.807) is 0 Å². The number of hydrogen-bond donors (Lipinski definition) is 1. The predicted octanol–water partition coefficient (Wildman–Crippen LogP) is 4.49. The summed E-state index contributed by atoms with van der Waals surface area (Å²) < 4.78 is 5.54. The third kappa shape index (κ3) is 4.69. The smallest absolute Gasteiger partial charge is 0.262 e. The minimum Gasteiger partial charge on any atom is -0.484 e. The van der Waals surface area contributed by atoms with Gasteiger partial charge in [-0.1, -0.05) is 48.0 Å². The summed E-state index contributed by atoms with van der Waals surface area (Å²) in [7, 11) is 0. The fourth-order valence-electron chi connectivity index (χ4n) is 3.56. The highest BCUT2D eigenvalue weighted by molar-refractivity contribution is 5.97. The summed E-state index contributed by atoms with van der Waals surface area (Å²) >= 11 is 0. The highest BCUT2D eigenvalue weighted by Gasteiger charge is 2.24. The fraction of sp³-hybridized carbons (Fsp3) is 0.200. The van der Waals surface area contributed by atoms with Crippen LogP contribution in [0.4, 0.5) is 11.4 Å². The summed E-state index contributed by atoms with van der Waals surface area (Å²) in [5.41, 5.74) is 4.90. The lowest BCUT2D eigenvalue weighted by molar-refractivity contribution is -0.119. The molecule has 3 aromatic carbocycles. The number of benzene rings is 3. The second-order valence-corrected chi connectivity index (χ2v) is 7.46. The molecular weight excluding hydrogens is 376 g/mol. The molecule has 0 bridgehead atoms. The highest BCUT2D eigenvalue weighted by atomic mass is 16.5. The van der Waals surface area contributed by atoms with Crippen molar-refractivity contribution >= 4 is 23.2 Å². The van der Waals surface area contributed by atoms with Crippen LogP contribution in [0.25, 0.3) is 0 Å². The predicted molar refractivity (Wildman–Crippen MR) is 118 cm³/mol. The summed E-state index contributed by atoms with van der Waals surface area (Å²) in [6.07, 6.45) is 1.14. The van der Waals surface area contributed by atoms with Crippen LogP contribution in [0.1, 0.15) is 23.1 Å².